The lowest BCUT2D eigenvalue weighted by Crippen LogP contribution is -2.37. The van der Waals surface area contributed by atoms with E-state index in [0.717, 1.165) is 51.0 Å². The summed E-state index contributed by atoms with van der Waals surface area (Å²) in [6, 6.07) is 0. The molecule has 0 bridgehead atoms. The molecule has 1 N–H and O–H groups in total. The molecule has 0 saturated carbocycles. The van der Waals surface area contributed by atoms with Crippen LogP contribution in [-0.2, 0) is 13.6 Å². The summed E-state index contributed by atoms with van der Waals surface area (Å²) in [6.07, 6.45) is 7.60. The van der Waals surface area contributed by atoms with E-state index in [2.05, 4.69) is 30.0 Å². The van der Waals surface area contributed by atoms with E-state index in [4.69, 9.17) is 0 Å². The molecule has 20 heavy (non-hydrogen) atoms. The van der Waals surface area contributed by atoms with Gasteiger partial charge < -0.3 is 5.11 Å². The first-order chi connectivity index (χ1) is 9.60. The van der Waals surface area contributed by atoms with E-state index in [1.54, 1.807) is 0 Å². The number of aryl methyl sites for hydroxylation is 2. The van der Waals surface area contributed by atoms with Gasteiger partial charge in [0.15, 0.2) is 0 Å². The van der Waals surface area contributed by atoms with Crippen LogP contribution < -0.4 is 0 Å². The average Bonchev–Trinajstić information content (AvgIpc) is 2.75. The van der Waals surface area contributed by atoms with Crippen molar-refractivity contribution >= 4 is 0 Å². The molecule has 1 saturated heterocycles. The van der Waals surface area contributed by atoms with E-state index in [0.29, 0.717) is 5.92 Å². The molecule has 1 aromatic heterocycles. The van der Waals surface area contributed by atoms with Gasteiger partial charge >= 0.3 is 0 Å². The summed E-state index contributed by atoms with van der Waals surface area (Å²) in [5, 5.41) is 14.6. The Bertz CT molecular complexity index is 408. The molecule has 2 heterocycles. The number of piperidine rings is 1. The van der Waals surface area contributed by atoms with E-state index < -0.39 is 0 Å². The zero-order valence-electron chi connectivity index (χ0n) is 13.2. The van der Waals surface area contributed by atoms with Crippen LogP contribution in [0.5, 0.6) is 0 Å². The average molecular weight is 279 g/mol. The third-order valence-electron chi connectivity index (χ3n) is 4.54. The fourth-order valence-corrected chi connectivity index (χ4v) is 3.19. The summed E-state index contributed by atoms with van der Waals surface area (Å²) in [4.78, 5) is 2.49. The van der Waals surface area contributed by atoms with Gasteiger partial charge in [-0.1, -0.05) is 19.8 Å². The third kappa shape index (κ3) is 4.06. The van der Waals surface area contributed by atoms with Crippen molar-refractivity contribution in [2.75, 3.05) is 13.1 Å². The van der Waals surface area contributed by atoms with Crippen molar-refractivity contribution in [2.45, 2.75) is 58.6 Å². The Morgan fingerprint density at radius 1 is 1.40 bits per heavy atom. The second-order valence-electron chi connectivity index (χ2n) is 6.24. The van der Waals surface area contributed by atoms with Crippen LogP contribution in [0, 0.1) is 12.8 Å². The molecular weight excluding hydrogens is 250 g/mol. The van der Waals surface area contributed by atoms with Gasteiger partial charge in [0.1, 0.15) is 0 Å². The van der Waals surface area contributed by atoms with Crippen molar-refractivity contribution in [3.8, 4) is 0 Å². The van der Waals surface area contributed by atoms with Crippen LogP contribution in [0.1, 0.15) is 50.3 Å². The molecule has 1 fully saturated rings. The van der Waals surface area contributed by atoms with Gasteiger partial charge in [-0.25, -0.2) is 0 Å². The van der Waals surface area contributed by atoms with E-state index in [9.17, 15) is 5.11 Å². The van der Waals surface area contributed by atoms with Crippen LogP contribution in [0.2, 0.25) is 0 Å². The molecule has 1 aliphatic rings. The maximum Gasteiger partial charge on any atom is 0.0638 e. The molecule has 0 aliphatic carbocycles. The zero-order valence-corrected chi connectivity index (χ0v) is 13.2. The van der Waals surface area contributed by atoms with Crippen molar-refractivity contribution in [3.63, 3.8) is 0 Å². The highest BCUT2D eigenvalue weighted by Gasteiger charge is 2.25. The molecule has 4 heteroatoms. The van der Waals surface area contributed by atoms with Crippen LogP contribution in [0.25, 0.3) is 0 Å². The molecule has 2 rings (SSSR count). The summed E-state index contributed by atoms with van der Waals surface area (Å²) < 4.78 is 1.89. The maximum atomic E-state index is 10.2. The molecule has 4 nitrogen and oxygen atoms in total. The molecule has 0 spiro atoms. The highest BCUT2D eigenvalue weighted by Crippen LogP contribution is 2.24. The maximum absolute atomic E-state index is 10.2. The zero-order chi connectivity index (χ0) is 14.5. The third-order valence-corrected chi connectivity index (χ3v) is 4.54. The van der Waals surface area contributed by atoms with Crippen LogP contribution >= 0.6 is 0 Å². The van der Waals surface area contributed by atoms with Crippen molar-refractivity contribution in [2.24, 2.45) is 13.0 Å². The second-order valence-corrected chi connectivity index (χ2v) is 6.24. The van der Waals surface area contributed by atoms with Gasteiger partial charge in [-0.2, -0.15) is 5.10 Å². The first kappa shape index (κ1) is 15.5. The highest BCUT2D eigenvalue weighted by molar-refractivity contribution is 5.15. The normalized spacial score (nSPS) is 19.4. The smallest absolute Gasteiger partial charge is 0.0638 e. The van der Waals surface area contributed by atoms with Gasteiger partial charge in [0.05, 0.1) is 11.8 Å². The van der Waals surface area contributed by atoms with Gasteiger partial charge in [-0.15, -0.1) is 0 Å². The van der Waals surface area contributed by atoms with Gasteiger partial charge in [0.25, 0.3) is 0 Å². The molecular formula is C16H29N3O. The monoisotopic (exact) mass is 279 g/mol. The topological polar surface area (TPSA) is 41.3 Å². The fourth-order valence-electron chi connectivity index (χ4n) is 3.19. The largest absolute Gasteiger partial charge is 0.393 e. The number of nitrogens with zero attached hydrogens (tertiary/aromatic N) is 3. The first-order valence-corrected chi connectivity index (χ1v) is 7.99. The van der Waals surface area contributed by atoms with Crippen molar-refractivity contribution in [1.82, 2.24) is 14.7 Å². The Morgan fingerprint density at radius 2 is 2.10 bits per heavy atom. The fraction of sp³-hybridized carbons (Fsp3) is 0.812. The lowest BCUT2D eigenvalue weighted by Gasteiger charge is -2.34. The number of likely N-dealkylation sites (tertiary alicyclic amines) is 1. The molecule has 0 unspecified atom stereocenters. The summed E-state index contributed by atoms with van der Waals surface area (Å²) in [7, 11) is 1.98. The number of aromatic nitrogens is 2. The van der Waals surface area contributed by atoms with Gasteiger partial charge in [0.2, 0.25) is 0 Å². The molecule has 1 aromatic rings. The number of hydrogen-bond acceptors (Lipinski definition) is 3. The summed E-state index contributed by atoms with van der Waals surface area (Å²) in [6.45, 7) is 7.46. The minimum Gasteiger partial charge on any atom is -0.393 e. The van der Waals surface area contributed by atoms with Gasteiger partial charge in [-0.05, 0) is 45.2 Å². The van der Waals surface area contributed by atoms with Crippen molar-refractivity contribution in [1.29, 1.82) is 0 Å². The van der Waals surface area contributed by atoms with E-state index in [1.807, 2.05) is 11.7 Å². The Balaban J connectivity index is 1.78. The highest BCUT2D eigenvalue weighted by atomic mass is 16.3. The van der Waals surface area contributed by atoms with Crippen molar-refractivity contribution < 1.29 is 5.11 Å². The quantitative estimate of drug-likeness (QED) is 0.870. The Morgan fingerprint density at radius 3 is 2.65 bits per heavy atom. The number of hydrogen-bond donors (Lipinski definition) is 1. The lowest BCUT2D eigenvalue weighted by molar-refractivity contribution is 0.0502. The summed E-state index contributed by atoms with van der Waals surface area (Å²) in [5.41, 5.74) is 2.47. The van der Waals surface area contributed by atoms with E-state index in [1.165, 1.54) is 12.0 Å². The van der Waals surface area contributed by atoms with E-state index in [-0.39, 0.29) is 6.10 Å². The van der Waals surface area contributed by atoms with Crippen LogP contribution in [0.4, 0.5) is 0 Å². The Labute approximate surface area is 122 Å². The standard InChI is InChI=1S/C16H29N3O/c1-4-5-6-16(20)14-7-9-19(10-8-14)12-15-11-18(3)17-13(15)2/h11,14,16,20H,4-10,12H2,1-3H3/t16-/m0/s1. The number of aliphatic hydroxyl groups excluding tert-OH is 1. The predicted octanol–water partition coefficient (Wildman–Crippen LogP) is 2.49. The number of rotatable bonds is 6. The summed E-state index contributed by atoms with van der Waals surface area (Å²) >= 11 is 0. The Hall–Kier alpha value is -0.870. The number of aliphatic hydroxyl groups is 1. The lowest BCUT2D eigenvalue weighted by atomic mass is 9.88. The SMILES string of the molecule is CCCC[C@H](O)C1CCN(Cc2cn(C)nc2C)CC1. The molecule has 0 radical (unpaired) electrons. The van der Waals surface area contributed by atoms with Crippen molar-refractivity contribution in [3.05, 3.63) is 17.5 Å². The molecule has 0 amide bonds. The predicted molar refractivity (Wildman–Crippen MR) is 81.5 cm³/mol. The minimum absolute atomic E-state index is 0.0859. The summed E-state index contributed by atoms with van der Waals surface area (Å²) in [5.74, 6) is 0.507. The minimum atomic E-state index is -0.0859. The van der Waals surface area contributed by atoms with Gasteiger partial charge in [-0.3, -0.25) is 9.58 Å². The van der Waals surface area contributed by atoms with Gasteiger partial charge in [0, 0.05) is 25.4 Å². The van der Waals surface area contributed by atoms with E-state index >= 15 is 0 Å². The first-order valence-electron chi connectivity index (χ1n) is 7.99. The van der Waals surface area contributed by atoms with Crippen LogP contribution in [0.3, 0.4) is 0 Å². The second kappa shape index (κ2) is 7.23. The molecule has 1 atom stereocenters. The molecule has 1 aliphatic heterocycles. The molecule has 114 valence electrons. The van der Waals surface area contributed by atoms with Crippen LogP contribution in [-0.4, -0.2) is 39.0 Å². The van der Waals surface area contributed by atoms with Crippen LogP contribution in [0.15, 0.2) is 6.20 Å². The molecule has 0 aromatic carbocycles. The Kier molecular flexibility index (Phi) is 5.61. The number of unbranched alkanes of at least 4 members (excludes halogenated alkanes) is 1.